The number of rotatable bonds is 10. The highest BCUT2D eigenvalue weighted by molar-refractivity contribution is 7.89. The number of sulfonamides is 1. The topological polar surface area (TPSA) is 83.5 Å². The summed E-state index contributed by atoms with van der Waals surface area (Å²) in [6.07, 6.45) is 11.0. The van der Waals surface area contributed by atoms with Crippen LogP contribution in [-0.4, -0.2) is 25.0 Å². The Morgan fingerprint density at radius 3 is 2.58 bits per heavy atom. The molecule has 144 valence electrons. The molecule has 5 nitrogen and oxygen atoms in total. The molecule has 0 saturated heterocycles. The number of hydrogen-bond donors (Lipinski definition) is 2. The number of carboxylic acids is 1. The Bertz CT molecular complexity index is 734. The molecule has 0 aliphatic heterocycles. The molecule has 1 aromatic rings. The van der Waals surface area contributed by atoms with Crippen LogP contribution < -0.4 is 4.72 Å². The highest BCUT2D eigenvalue weighted by Crippen LogP contribution is 2.35. The number of carbonyl (C=O) groups is 1. The Labute approximate surface area is 156 Å². The third kappa shape index (κ3) is 6.25. The van der Waals surface area contributed by atoms with Gasteiger partial charge in [0.15, 0.2) is 0 Å². The molecule has 0 amide bonds. The van der Waals surface area contributed by atoms with Crippen molar-refractivity contribution in [2.75, 3.05) is 0 Å². The maximum atomic E-state index is 12.8. The smallest absolute Gasteiger partial charge is 0.303 e. The van der Waals surface area contributed by atoms with Crippen molar-refractivity contribution in [2.24, 2.45) is 0 Å². The SMILES string of the molecule is Cc1cccc(S(=O)(=O)NC2(CC/C=C\CCCC(=O)O)CCCC2)c1. The van der Waals surface area contributed by atoms with Gasteiger partial charge in [0.25, 0.3) is 0 Å². The molecule has 6 heteroatoms. The van der Waals surface area contributed by atoms with Crippen molar-refractivity contribution in [3.05, 3.63) is 42.0 Å². The molecule has 0 heterocycles. The van der Waals surface area contributed by atoms with Crippen molar-refractivity contribution in [1.29, 1.82) is 0 Å². The molecule has 2 N–H and O–H groups in total. The first-order chi connectivity index (χ1) is 12.3. The first-order valence-corrected chi connectivity index (χ1v) is 10.8. The van der Waals surface area contributed by atoms with Gasteiger partial charge in [-0.15, -0.1) is 0 Å². The lowest BCUT2D eigenvalue weighted by molar-refractivity contribution is -0.137. The van der Waals surface area contributed by atoms with Crippen molar-refractivity contribution < 1.29 is 18.3 Å². The lowest BCUT2D eigenvalue weighted by Gasteiger charge is -2.29. The normalized spacial score (nSPS) is 17.0. The number of unbranched alkanes of at least 4 members (excludes halogenated alkanes) is 1. The highest BCUT2D eigenvalue weighted by atomic mass is 32.2. The molecule has 1 aromatic carbocycles. The molecule has 1 aliphatic rings. The van der Waals surface area contributed by atoms with Crippen LogP contribution in [0.3, 0.4) is 0 Å². The van der Waals surface area contributed by atoms with E-state index in [1.54, 1.807) is 18.2 Å². The van der Waals surface area contributed by atoms with Gasteiger partial charge in [0, 0.05) is 12.0 Å². The van der Waals surface area contributed by atoms with E-state index in [-0.39, 0.29) is 12.0 Å². The Kier molecular flexibility index (Phi) is 7.41. The second-order valence-corrected chi connectivity index (χ2v) is 8.89. The summed E-state index contributed by atoms with van der Waals surface area (Å²) < 4.78 is 28.6. The molecular weight excluding hydrogens is 350 g/mol. The highest BCUT2D eigenvalue weighted by Gasteiger charge is 2.37. The minimum atomic E-state index is -3.52. The van der Waals surface area contributed by atoms with Crippen LogP contribution in [-0.2, 0) is 14.8 Å². The van der Waals surface area contributed by atoms with E-state index in [0.717, 1.165) is 50.5 Å². The summed E-state index contributed by atoms with van der Waals surface area (Å²) in [5, 5.41) is 8.62. The molecule has 0 atom stereocenters. The van der Waals surface area contributed by atoms with E-state index in [1.165, 1.54) is 0 Å². The van der Waals surface area contributed by atoms with Gasteiger partial charge in [-0.3, -0.25) is 4.79 Å². The number of allylic oxidation sites excluding steroid dienone is 2. The average molecular weight is 380 g/mol. The van der Waals surface area contributed by atoms with Gasteiger partial charge in [0.2, 0.25) is 10.0 Å². The lowest BCUT2D eigenvalue weighted by Crippen LogP contribution is -2.46. The standard InChI is InChI=1S/C20H29NO4S/c1-17-10-9-11-18(16-17)26(24,25)21-20(14-7-8-15-20)13-6-4-2-3-5-12-19(22)23/h2,4,9-11,16,21H,3,5-8,12-15H2,1H3,(H,22,23)/b4-2-. The van der Waals surface area contributed by atoms with Gasteiger partial charge in [0.05, 0.1) is 4.90 Å². The fourth-order valence-electron chi connectivity index (χ4n) is 3.55. The second kappa shape index (κ2) is 9.33. The maximum Gasteiger partial charge on any atom is 0.303 e. The van der Waals surface area contributed by atoms with Gasteiger partial charge in [-0.2, -0.15) is 0 Å². The molecule has 2 rings (SSSR count). The van der Waals surface area contributed by atoms with Crippen LogP contribution in [0.5, 0.6) is 0 Å². The molecule has 1 saturated carbocycles. The summed E-state index contributed by atoms with van der Waals surface area (Å²) in [6.45, 7) is 1.89. The molecule has 0 radical (unpaired) electrons. The fraction of sp³-hybridized carbons (Fsp3) is 0.550. The van der Waals surface area contributed by atoms with E-state index < -0.39 is 16.0 Å². The molecule has 1 fully saturated rings. The van der Waals surface area contributed by atoms with Crippen molar-refractivity contribution >= 4 is 16.0 Å². The molecule has 1 aliphatic carbocycles. The molecule has 0 unspecified atom stereocenters. The van der Waals surface area contributed by atoms with Gasteiger partial charge >= 0.3 is 5.97 Å². The summed E-state index contributed by atoms with van der Waals surface area (Å²) in [5.74, 6) is -0.770. The predicted molar refractivity (Wildman–Crippen MR) is 103 cm³/mol. The summed E-state index contributed by atoms with van der Waals surface area (Å²) in [7, 11) is -3.52. The van der Waals surface area contributed by atoms with E-state index in [9.17, 15) is 13.2 Å². The Hall–Kier alpha value is -1.66. The van der Waals surface area contributed by atoms with E-state index in [2.05, 4.69) is 4.72 Å². The number of nitrogens with one attached hydrogen (secondary N) is 1. The summed E-state index contributed by atoms with van der Waals surface area (Å²) >= 11 is 0. The molecule has 0 spiro atoms. The van der Waals surface area contributed by atoms with E-state index in [4.69, 9.17) is 5.11 Å². The fourth-order valence-corrected chi connectivity index (χ4v) is 5.14. The monoisotopic (exact) mass is 379 g/mol. The summed E-state index contributed by atoms with van der Waals surface area (Å²) in [6, 6.07) is 7.00. The van der Waals surface area contributed by atoms with Crippen molar-refractivity contribution in [1.82, 2.24) is 4.72 Å². The van der Waals surface area contributed by atoms with E-state index >= 15 is 0 Å². The predicted octanol–water partition coefficient (Wildman–Crippen LogP) is 4.18. The number of aliphatic carboxylic acids is 1. The maximum absolute atomic E-state index is 12.8. The number of carboxylic acid groups (broad SMARTS) is 1. The number of aryl methyl sites for hydroxylation is 1. The number of benzene rings is 1. The zero-order valence-electron chi connectivity index (χ0n) is 15.4. The van der Waals surface area contributed by atoms with Crippen LogP contribution >= 0.6 is 0 Å². The molecule has 0 aromatic heterocycles. The Balaban J connectivity index is 1.94. The molecule has 26 heavy (non-hydrogen) atoms. The van der Waals surface area contributed by atoms with Gasteiger partial charge in [-0.05, 0) is 63.1 Å². The third-order valence-electron chi connectivity index (χ3n) is 4.93. The first-order valence-electron chi connectivity index (χ1n) is 9.30. The van der Waals surface area contributed by atoms with Crippen molar-refractivity contribution in [2.45, 2.75) is 75.1 Å². The van der Waals surface area contributed by atoms with Crippen LogP contribution in [0.1, 0.15) is 63.4 Å². The molecular formula is C20H29NO4S. The van der Waals surface area contributed by atoms with Crippen LogP contribution in [0.25, 0.3) is 0 Å². The van der Waals surface area contributed by atoms with Gasteiger partial charge < -0.3 is 5.11 Å². The van der Waals surface area contributed by atoms with Crippen LogP contribution in [0.15, 0.2) is 41.3 Å². The van der Waals surface area contributed by atoms with Crippen LogP contribution in [0.4, 0.5) is 0 Å². The minimum Gasteiger partial charge on any atom is -0.481 e. The Morgan fingerprint density at radius 2 is 1.92 bits per heavy atom. The number of hydrogen-bond acceptors (Lipinski definition) is 3. The van der Waals surface area contributed by atoms with E-state index in [0.29, 0.717) is 11.3 Å². The summed E-state index contributed by atoms with van der Waals surface area (Å²) in [4.78, 5) is 10.8. The summed E-state index contributed by atoms with van der Waals surface area (Å²) in [5.41, 5.74) is 0.561. The van der Waals surface area contributed by atoms with E-state index in [1.807, 2.05) is 25.1 Å². The minimum absolute atomic E-state index is 0.185. The molecule has 0 bridgehead atoms. The zero-order valence-corrected chi connectivity index (χ0v) is 16.2. The zero-order chi connectivity index (χ0) is 19.0. The average Bonchev–Trinajstić information content (AvgIpc) is 3.01. The van der Waals surface area contributed by atoms with Crippen LogP contribution in [0.2, 0.25) is 0 Å². The lowest BCUT2D eigenvalue weighted by atomic mass is 9.93. The first kappa shape index (κ1) is 20.6. The van der Waals surface area contributed by atoms with Crippen molar-refractivity contribution in [3.63, 3.8) is 0 Å². The quantitative estimate of drug-likeness (QED) is 0.472. The second-order valence-electron chi connectivity index (χ2n) is 7.21. The van der Waals surface area contributed by atoms with Gasteiger partial charge in [0.1, 0.15) is 0 Å². The third-order valence-corrected chi connectivity index (χ3v) is 6.51. The largest absolute Gasteiger partial charge is 0.481 e. The van der Waals surface area contributed by atoms with Crippen LogP contribution in [0, 0.1) is 6.92 Å². The Morgan fingerprint density at radius 1 is 1.23 bits per heavy atom. The van der Waals surface area contributed by atoms with Gasteiger partial charge in [-0.1, -0.05) is 37.1 Å². The van der Waals surface area contributed by atoms with Crippen molar-refractivity contribution in [3.8, 4) is 0 Å². The van der Waals surface area contributed by atoms with Gasteiger partial charge in [-0.25, -0.2) is 13.1 Å².